The summed E-state index contributed by atoms with van der Waals surface area (Å²) in [4.78, 5) is 11.7. The van der Waals surface area contributed by atoms with Crippen LogP contribution in [0.2, 0.25) is 0 Å². The molecule has 122 valence electrons. The predicted octanol–water partition coefficient (Wildman–Crippen LogP) is 1.08. The first-order valence-corrected chi connectivity index (χ1v) is 7.12. The average Bonchev–Trinajstić information content (AvgIpc) is 2.50. The van der Waals surface area contributed by atoms with Crippen LogP contribution in [0.3, 0.4) is 0 Å². The van der Waals surface area contributed by atoms with Gasteiger partial charge in [0.25, 0.3) is 5.91 Å². The summed E-state index contributed by atoms with van der Waals surface area (Å²) in [6.07, 6.45) is 0.812. The Bertz CT molecular complexity index is 485. The Morgan fingerprint density at radius 3 is 2.68 bits per heavy atom. The van der Waals surface area contributed by atoms with Crippen molar-refractivity contribution in [1.29, 1.82) is 0 Å². The number of carbonyl (C=O) groups is 1. The number of methoxy groups -OCH3 is 1. The Morgan fingerprint density at radius 1 is 1.36 bits per heavy atom. The number of hydrogen-bond donors (Lipinski definition) is 2. The lowest BCUT2D eigenvalue weighted by Gasteiger charge is -2.21. The minimum atomic E-state index is -0.368. The summed E-state index contributed by atoms with van der Waals surface area (Å²) in [6.45, 7) is 1.10. The van der Waals surface area contributed by atoms with E-state index in [4.69, 9.17) is 21.7 Å². The van der Waals surface area contributed by atoms with Crippen molar-refractivity contribution < 1.29 is 18.7 Å². The van der Waals surface area contributed by atoms with Gasteiger partial charge in [0.2, 0.25) is 0 Å². The molecule has 0 aliphatic carbocycles. The van der Waals surface area contributed by atoms with E-state index in [0.29, 0.717) is 24.0 Å². The molecule has 0 spiro atoms. The van der Waals surface area contributed by atoms with E-state index in [1.807, 2.05) is 0 Å². The monoisotopic (exact) mass is 329 g/mol. The molecule has 6 nitrogen and oxygen atoms in total. The Hall–Kier alpha value is -1.93. The highest BCUT2D eigenvalue weighted by molar-refractivity contribution is 7.80. The number of hydrogen-bond acceptors (Lipinski definition) is 4. The van der Waals surface area contributed by atoms with Crippen LogP contribution in [0.25, 0.3) is 0 Å². The lowest BCUT2D eigenvalue weighted by Crippen LogP contribution is -2.49. The van der Waals surface area contributed by atoms with Gasteiger partial charge in [0, 0.05) is 27.3 Å². The molecule has 1 amide bonds. The molecule has 8 heteroatoms. The van der Waals surface area contributed by atoms with E-state index >= 15 is 0 Å². The normalized spacial score (nSPS) is 9.95. The Labute approximate surface area is 134 Å². The molecule has 0 aliphatic rings. The minimum absolute atomic E-state index is 0.192. The van der Waals surface area contributed by atoms with Crippen LogP contribution in [0.5, 0.6) is 5.75 Å². The number of thiocarbonyl (C=S) groups is 1. The fourth-order valence-electron chi connectivity index (χ4n) is 1.48. The first kappa shape index (κ1) is 18.1. The zero-order chi connectivity index (χ0) is 16.4. The van der Waals surface area contributed by atoms with Crippen LogP contribution in [-0.2, 0) is 9.53 Å². The maximum Gasteiger partial charge on any atom is 0.276 e. The zero-order valence-electron chi connectivity index (χ0n) is 12.6. The third kappa shape index (κ3) is 7.19. The Kier molecular flexibility index (Phi) is 8.16. The summed E-state index contributed by atoms with van der Waals surface area (Å²) in [5, 5.41) is 4.78. The van der Waals surface area contributed by atoms with E-state index in [-0.39, 0.29) is 18.3 Å². The summed E-state index contributed by atoms with van der Waals surface area (Å²) < 4.78 is 22.9. The molecular weight excluding hydrogens is 309 g/mol. The summed E-state index contributed by atoms with van der Waals surface area (Å²) in [5.74, 6) is -0.311. The first-order valence-electron chi connectivity index (χ1n) is 6.71. The molecule has 1 rings (SSSR count). The van der Waals surface area contributed by atoms with Crippen molar-refractivity contribution in [2.24, 2.45) is 0 Å². The average molecular weight is 329 g/mol. The lowest BCUT2D eigenvalue weighted by molar-refractivity contribution is -0.126. The summed E-state index contributed by atoms with van der Waals surface area (Å²) in [5.41, 5.74) is 2.56. The van der Waals surface area contributed by atoms with Crippen molar-refractivity contribution in [3.63, 3.8) is 0 Å². The number of carbonyl (C=O) groups excluding carboxylic acids is 1. The maximum atomic E-state index is 12.7. The molecule has 0 aliphatic heterocycles. The largest absolute Gasteiger partial charge is 0.484 e. The molecule has 0 bridgehead atoms. The van der Waals surface area contributed by atoms with E-state index in [1.54, 1.807) is 14.2 Å². The van der Waals surface area contributed by atoms with Crippen LogP contribution < -0.4 is 15.5 Å². The smallest absolute Gasteiger partial charge is 0.276 e. The van der Waals surface area contributed by atoms with Gasteiger partial charge in [0.15, 0.2) is 11.7 Å². The highest BCUT2D eigenvalue weighted by atomic mass is 32.1. The van der Waals surface area contributed by atoms with Gasteiger partial charge < -0.3 is 14.8 Å². The van der Waals surface area contributed by atoms with Crippen molar-refractivity contribution in [3.8, 4) is 5.75 Å². The number of hydrazine groups is 1. The number of ether oxygens (including phenoxy) is 2. The van der Waals surface area contributed by atoms with Crippen molar-refractivity contribution in [1.82, 2.24) is 15.8 Å². The van der Waals surface area contributed by atoms with Gasteiger partial charge in [-0.2, -0.15) is 0 Å². The van der Waals surface area contributed by atoms with Gasteiger partial charge in [0.05, 0.1) is 0 Å². The molecule has 0 atom stereocenters. The molecule has 0 fully saturated rings. The molecule has 1 aromatic rings. The maximum absolute atomic E-state index is 12.7. The zero-order valence-corrected chi connectivity index (χ0v) is 13.4. The second kappa shape index (κ2) is 9.91. The first-order chi connectivity index (χ1) is 10.5. The number of benzene rings is 1. The molecule has 1 aromatic carbocycles. The fourth-order valence-corrected chi connectivity index (χ4v) is 1.63. The highest BCUT2D eigenvalue weighted by Gasteiger charge is 2.09. The Balaban J connectivity index is 2.25. The molecule has 2 N–H and O–H groups in total. The predicted molar refractivity (Wildman–Crippen MR) is 84.9 cm³/mol. The van der Waals surface area contributed by atoms with Crippen molar-refractivity contribution in [3.05, 3.63) is 30.1 Å². The van der Waals surface area contributed by atoms with E-state index in [2.05, 4.69) is 10.7 Å². The van der Waals surface area contributed by atoms with E-state index in [0.717, 1.165) is 6.42 Å². The quantitative estimate of drug-likeness (QED) is 0.443. The molecule has 22 heavy (non-hydrogen) atoms. The molecule has 0 saturated heterocycles. The summed E-state index contributed by atoms with van der Waals surface area (Å²) >= 11 is 5.11. The second-order valence-electron chi connectivity index (χ2n) is 4.41. The van der Waals surface area contributed by atoms with Gasteiger partial charge in [-0.15, -0.1) is 0 Å². The number of amides is 1. The summed E-state index contributed by atoms with van der Waals surface area (Å²) in [6, 6.07) is 5.43. The molecular formula is C14H20FN3O3S. The van der Waals surface area contributed by atoms with E-state index in [1.165, 1.54) is 29.3 Å². The molecule has 0 aromatic heterocycles. The third-order valence-corrected chi connectivity index (χ3v) is 3.00. The van der Waals surface area contributed by atoms with Crippen LogP contribution in [0, 0.1) is 5.82 Å². The van der Waals surface area contributed by atoms with Gasteiger partial charge >= 0.3 is 0 Å². The lowest BCUT2D eigenvalue weighted by atomic mass is 10.3. The molecule has 0 unspecified atom stereocenters. The van der Waals surface area contributed by atoms with Crippen LogP contribution in [-0.4, -0.2) is 49.9 Å². The number of nitrogens with one attached hydrogen (secondary N) is 2. The second-order valence-corrected chi connectivity index (χ2v) is 4.80. The molecule has 0 heterocycles. The van der Waals surface area contributed by atoms with Crippen LogP contribution in [0.15, 0.2) is 24.3 Å². The highest BCUT2D eigenvalue weighted by Crippen LogP contribution is 2.10. The van der Waals surface area contributed by atoms with Crippen LogP contribution in [0.4, 0.5) is 4.39 Å². The third-order valence-electron chi connectivity index (χ3n) is 2.58. The Morgan fingerprint density at radius 2 is 2.05 bits per heavy atom. The van der Waals surface area contributed by atoms with E-state index < -0.39 is 0 Å². The number of halogens is 1. The van der Waals surface area contributed by atoms with Gasteiger partial charge in [0.1, 0.15) is 11.6 Å². The van der Waals surface area contributed by atoms with Gasteiger partial charge in [-0.25, -0.2) is 4.39 Å². The van der Waals surface area contributed by atoms with E-state index in [9.17, 15) is 9.18 Å². The van der Waals surface area contributed by atoms with Crippen LogP contribution >= 0.6 is 12.2 Å². The van der Waals surface area contributed by atoms with Crippen molar-refractivity contribution in [2.75, 3.05) is 33.9 Å². The molecule has 0 saturated carbocycles. The van der Waals surface area contributed by atoms with Gasteiger partial charge in [-0.05, 0) is 42.9 Å². The van der Waals surface area contributed by atoms with Crippen molar-refractivity contribution >= 4 is 23.2 Å². The SMILES string of the molecule is COCCCNC(=S)N(C)NC(=O)COc1ccc(F)cc1. The topological polar surface area (TPSA) is 62.8 Å². The molecule has 0 radical (unpaired) electrons. The van der Waals surface area contributed by atoms with Crippen LogP contribution in [0.1, 0.15) is 6.42 Å². The summed E-state index contributed by atoms with van der Waals surface area (Å²) in [7, 11) is 3.26. The van der Waals surface area contributed by atoms with Gasteiger partial charge in [-0.3, -0.25) is 15.2 Å². The number of nitrogens with zero attached hydrogens (tertiary/aromatic N) is 1. The standard InChI is InChI=1S/C14H20FN3O3S/c1-18(14(22)16-8-3-9-20-2)17-13(19)10-21-12-6-4-11(15)5-7-12/h4-7H,3,8-10H2,1-2H3,(H,16,22)(H,17,19). The fraction of sp³-hybridized carbons (Fsp3) is 0.429. The van der Waals surface area contributed by atoms with Gasteiger partial charge in [-0.1, -0.05) is 0 Å². The van der Waals surface area contributed by atoms with Crippen molar-refractivity contribution in [2.45, 2.75) is 6.42 Å². The minimum Gasteiger partial charge on any atom is -0.484 e. The number of rotatable bonds is 7.